The number of ether oxygens (including phenoxy) is 1. The van der Waals surface area contributed by atoms with Crippen molar-refractivity contribution >= 4 is 5.95 Å². The quantitative estimate of drug-likeness (QED) is 0.660. The fourth-order valence-electron chi connectivity index (χ4n) is 1.91. The van der Waals surface area contributed by atoms with Crippen molar-refractivity contribution in [2.45, 2.75) is 33.6 Å². The monoisotopic (exact) mass is 272 g/mol. The molecule has 0 radical (unpaired) electrons. The van der Waals surface area contributed by atoms with Gasteiger partial charge in [0.1, 0.15) is 5.75 Å². The zero-order chi connectivity index (χ0) is 14.7. The van der Waals surface area contributed by atoms with Crippen LogP contribution in [0.5, 0.6) is 11.6 Å². The third kappa shape index (κ3) is 3.05. The van der Waals surface area contributed by atoms with E-state index < -0.39 is 0 Å². The average Bonchev–Trinajstić information content (AvgIpc) is 2.41. The fourth-order valence-corrected chi connectivity index (χ4v) is 1.91. The van der Waals surface area contributed by atoms with Gasteiger partial charge in [-0.3, -0.25) is 5.43 Å². The molecule has 0 unspecified atom stereocenters. The van der Waals surface area contributed by atoms with Crippen LogP contribution in [0.2, 0.25) is 0 Å². The maximum absolute atomic E-state index is 5.98. The van der Waals surface area contributed by atoms with Crippen molar-refractivity contribution < 1.29 is 4.74 Å². The van der Waals surface area contributed by atoms with E-state index in [0.29, 0.717) is 17.7 Å². The molecule has 0 saturated carbocycles. The molecule has 0 bridgehead atoms. The molecule has 5 heteroatoms. The Morgan fingerprint density at radius 2 is 2.00 bits per heavy atom. The van der Waals surface area contributed by atoms with E-state index in [-0.39, 0.29) is 0 Å². The molecule has 2 aromatic rings. The van der Waals surface area contributed by atoms with Gasteiger partial charge >= 0.3 is 0 Å². The minimum atomic E-state index is 0.337. The number of anilines is 1. The maximum Gasteiger partial charge on any atom is 0.240 e. The number of rotatable bonds is 4. The van der Waals surface area contributed by atoms with Crippen molar-refractivity contribution in [1.82, 2.24) is 9.97 Å². The highest BCUT2D eigenvalue weighted by Gasteiger charge is 2.12. The number of aromatic nitrogens is 2. The van der Waals surface area contributed by atoms with Gasteiger partial charge in [-0.05, 0) is 37.0 Å². The van der Waals surface area contributed by atoms with Gasteiger partial charge in [0.05, 0.1) is 0 Å². The van der Waals surface area contributed by atoms with Crippen molar-refractivity contribution in [2.75, 3.05) is 5.43 Å². The lowest BCUT2D eigenvalue weighted by Gasteiger charge is -2.15. The predicted octanol–water partition coefficient (Wildman–Crippen LogP) is 3.29. The highest BCUT2D eigenvalue weighted by molar-refractivity contribution is 5.43. The molecule has 2 rings (SSSR count). The van der Waals surface area contributed by atoms with E-state index in [0.717, 1.165) is 22.4 Å². The van der Waals surface area contributed by atoms with Crippen molar-refractivity contribution in [3.63, 3.8) is 0 Å². The SMILES string of the molecule is Cc1ccc(C(C)C)c(Oc2nc(NN)ncc2C)c1. The summed E-state index contributed by atoms with van der Waals surface area (Å²) < 4.78 is 5.98. The number of nitrogen functional groups attached to an aromatic ring is 1. The minimum Gasteiger partial charge on any atom is -0.438 e. The minimum absolute atomic E-state index is 0.337. The third-order valence-corrected chi connectivity index (χ3v) is 3.05. The second-order valence-electron chi connectivity index (χ2n) is 5.12. The zero-order valence-corrected chi connectivity index (χ0v) is 12.3. The largest absolute Gasteiger partial charge is 0.438 e. The molecule has 0 aliphatic heterocycles. The van der Waals surface area contributed by atoms with Crippen LogP contribution in [0.4, 0.5) is 5.95 Å². The Kier molecular flexibility index (Phi) is 4.20. The summed E-state index contributed by atoms with van der Waals surface area (Å²) >= 11 is 0. The molecule has 1 aromatic heterocycles. The van der Waals surface area contributed by atoms with Crippen LogP contribution < -0.4 is 16.0 Å². The lowest BCUT2D eigenvalue weighted by atomic mass is 10.0. The number of hydrogen-bond acceptors (Lipinski definition) is 5. The molecule has 1 heterocycles. The van der Waals surface area contributed by atoms with Gasteiger partial charge in [0.15, 0.2) is 0 Å². The van der Waals surface area contributed by atoms with Crippen molar-refractivity contribution in [2.24, 2.45) is 5.84 Å². The molecular weight excluding hydrogens is 252 g/mol. The second-order valence-corrected chi connectivity index (χ2v) is 5.12. The summed E-state index contributed by atoms with van der Waals surface area (Å²) in [5.74, 6) is 7.38. The molecule has 0 spiro atoms. The summed E-state index contributed by atoms with van der Waals surface area (Å²) in [6, 6.07) is 6.20. The second kappa shape index (κ2) is 5.88. The Labute approximate surface area is 119 Å². The van der Waals surface area contributed by atoms with E-state index in [9.17, 15) is 0 Å². The molecule has 0 saturated heterocycles. The van der Waals surface area contributed by atoms with E-state index >= 15 is 0 Å². The van der Waals surface area contributed by atoms with Gasteiger partial charge in [-0.15, -0.1) is 0 Å². The summed E-state index contributed by atoms with van der Waals surface area (Å²) in [5, 5.41) is 0. The summed E-state index contributed by atoms with van der Waals surface area (Å²) in [6.45, 7) is 8.21. The van der Waals surface area contributed by atoms with Gasteiger partial charge in [0.25, 0.3) is 0 Å². The van der Waals surface area contributed by atoms with Crippen LogP contribution in [-0.2, 0) is 0 Å². The third-order valence-electron chi connectivity index (χ3n) is 3.05. The number of nitrogens with two attached hydrogens (primary N) is 1. The molecule has 0 amide bonds. The summed E-state index contributed by atoms with van der Waals surface area (Å²) in [4.78, 5) is 8.29. The lowest BCUT2D eigenvalue weighted by molar-refractivity contribution is 0.449. The van der Waals surface area contributed by atoms with Gasteiger partial charge < -0.3 is 4.74 Å². The van der Waals surface area contributed by atoms with Gasteiger partial charge in [-0.2, -0.15) is 4.98 Å². The summed E-state index contributed by atoms with van der Waals surface area (Å²) in [7, 11) is 0. The van der Waals surface area contributed by atoms with Crippen LogP contribution in [-0.4, -0.2) is 9.97 Å². The number of benzene rings is 1. The normalized spacial score (nSPS) is 10.7. The number of hydrogen-bond donors (Lipinski definition) is 2. The molecule has 0 atom stereocenters. The van der Waals surface area contributed by atoms with Crippen molar-refractivity contribution in [3.05, 3.63) is 41.1 Å². The molecule has 5 nitrogen and oxygen atoms in total. The number of hydrazine groups is 1. The van der Waals surface area contributed by atoms with Crippen LogP contribution in [0.1, 0.15) is 36.5 Å². The van der Waals surface area contributed by atoms with Crippen LogP contribution in [0.25, 0.3) is 0 Å². The first-order chi connectivity index (χ1) is 9.51. The molecule has 1 aromatic carbocycles. The van der Waals surface area contributed by atoms with E-state index in [1.807, 2.05) is 19.9 Å². The molecule has 106 valence electrons. The Hall–Kier alpha value is -2.14. The van der Waals surface area contributed by atoms with E-state index in [1.54, 1.807) is 6.20 Å². The highest BCUT2D eigenvalue weighted by atomic mass is 16.5. The Balaban J connectivity index is 2.41. The standard InChI is InChI=1S/C15H20N4O/c1-9(2)12-6-5-10(3)7-13(12)20-14-11(4)8-17-15(18-14)19-16/h5-9H,16H2,1-4H3,(H,17,18,19). The highest BCUT2D eigenvalue weighted by Crippen LogP contribution is 2.32. The summed E-state index contributed by atoms with van der Waals surface area (Å²) in [6.07, 6.45) is 1.68. The Morgan fingerprint density at radius 1 is 1.25 bits per heavy atom. The molecule has 3 N–H and O–H groups in total. The van der Waals surface area contributed by atoms with E-state index in [2.05, 4.69) is 41.4 Å². The molecule has 0 fully saturated rings. The van der Waals surface area contributed by atoms with Crippen molar-refractivity contribution in [1.29, 1.82) is 0 Å². The van der Waals surface area contributed by atoms with E-state index in [1.165, 1.54) is 0 Å². The van der Waals surface area contributed by atoms with Gasteiger partial charge in [-0.25, -0.2) is 10.8 Å². The first-order valence-corrected chi connectivity index (χ1v) is 6.60. The van der Waals surface area contributed by atoms with Crippen LogP contribution >= 0.6 is 0 Å². The first kappa shape index (κ1) is 14.3. The Bertz CT molecular complexity index is 611. The topological polar surface area (TPSA) is 73.1 Å². The molecule has 20 heavy (non-hydrogen) atoms. The fraction of sp³-hybridized carbons (Fsp3) is 0.333. The number of nitrogens with one attached hydrogen (secondary N) is 1. The predicted molar refractivity (Wildman–Crippen MR) is 79.9 cm³/mol. The van der Waals surface area contributed by atoms with Gasteiger partial charge in [-0.1, -0.05) is 26.0 Å². The maximum atomic E-state index is 5.98. The molecular formula is C15H20N4O. The summed E-state index contributed by atoms with van der Waals surface area (Å²) in [5.41, 5.74) is 5.58. The lowest BCUT2D eigenvalue weighted by Crippen LogP contribution is -2.11. The molecule has 0 aliphatic carbocycles. The molecule has 0 aliphatic rings. The van der Waals surface area contributed by atoms with Crippen molar-refractivity contribution in [3.8, 4) is 11.6 Å². The van der Waals surface area contributed by atoms with Crippen LogP contribution in [0.15, 0.2) is 24.4 Å². The van der Waals surface area contributed by atoms with E-state index in [4.69, 9.17) is 10.6 Å². The Morgan fingerprint density at radius 3 is 2.65 bits per heavy atom. The van der Waals surface area contributed by atoms with Gasteiger partial charge in [0, 0.05) is 11.8 Å². The zero-order valence-electron chi connectivity index (χ0n) is 12.3. The smallest absolute Gasteiger partial charge is 0.240 e. The van der Waals surface area contributed by atoms with Gasteiger partial charge in [0.2, 0.25) is 11.8 Å². The van der Waals surface area contributed by atoms with Crippen LogP contribution in [0, 0.1) is 13.8 Å². The number of nitrogens with zero attached hydrogens (tertiary/aromatic N) is 2. The first-order valence-electron chi connectivity index (χ1n) is 6.60. The average molecular weight is 272 g/mol. The number of aryl methyl sites for hydroxylation is 2. The van der Waals surface area contributed by atoms with Crippen LogP contribution in [0.3, 0.4) is 0 Å².